The summed E-state index contributed by atoms with van der Waals surface area (Å²) in [5, 5.41) is 0.0207. The third-order valence-electron chi connectivity index (χ3n) is 3.10. The number of hydrogen-bond donors (Lipinski definition) is 0. The summed E-state index contributed by atoms with van der Waals surface area (Å²) in [7, 11) is 0. The first-order valence-corrected chi connectivity index (χ1v) is 6.89. The molecule has 0 aromatic carbocycles. The highest BCUT2D eigenvalue weighted by Crippen LogP contribution is 2.18. The predicted molar refractivity (Wildman–Crippen MR) is 66.0 cm³/mol. The summed E-state index contributed by atoms with van der Waals surface area (Å²) in [6.45, 7) is 6.03. The SMILES string of the molecule is CC1CN(C(=O)CN2CCSC2=O)C(C)CO1. The largest absolute Gasteiger partial charge is 0.375 e. The fraction of sp³-hybridized carbons (Fsp3) is 0.818. The van der Waals surface area contributed by atoms with Crippen LogP contribution in [0.2, 0.25) is 0 Å². The van der Waals surface area contributed by atoms with Crippen LogP contribution in [-0.4, -0.2) is 65.1 Å². The smallest absolute Gasteiger partial charge is 0.282 e. The monoisotopic (exact) mass is 258 g/mol. The lowest BCUT2D eigenvalue weighted by atomic mass is 10.2. The molecule has 2 amide bonds. The maximum absolute atomic E-state index is 12.1. The molecule has 2 unspecified atom stereocenters. The zero-order chi connectivity index (χ0) is 12.4. The van der Waals surface area contributed by atoms with Crippen LogP contribution in [0.15, 0.2) is 0 Å². The fourth-order valence-corrected chi connectivity index (χ4v) is 2.90. The minimum absolute atomic E-state index is 0.0207. The molecule has 96 valence electrons. The molecule has 0 spiro atoms. The van der Waals surface area contributed by atoms with Crippen LogP contribution in [0.4, 0.5) is 4.79 Å². The van der Waals surface area contributed by atoms with Gasteiger partial charge in [0.2, 0.25) is 5.91 Å². The average Bonchev–Trinajstić information content (AvgIpc) is 2.68. The van der Waals surface area contributed by atoms with Crippen LogP contribution >= 0.6 is 11.8 Å². The Labute approximate surface area is 105 Å². The van der Waals surface area contributed by atoms with Gasteiger partial charge in [-0.3, -0.25) is 9.59 Å². The Balaban J connectivity index is 1.92. The molecule has 2 atom stereocenters. The van der Waals surface area contributed by atoms with E-state index >= 15 is 0 Å². The molecule has 2 aliphatic rings. The normalized spacial score (nSPS) is 29.9. The Morgan fingerprint density at radius 3 is 2.94 bits per heavy atom. The van der Waals surface area contributed by atoms with Gasteiger partial charge in [-0.15, -0.1) is 0 Å². The molecule has 2 aliphatic heterocycles. The number of ether oxygens (including phenoxy) is 1. The van der Waals surface area contributed by atoms with E-state index in [2.05, 4.69) is 0 Å². The Bertz CT molecular complexity index is 324. The Morgan fingerprint density at radius 1 is 1.53 bits per heavy atom. The molecule has 2 heterocycles. The highest BCUT2D eigenvalue weighted by molar-refractivity contribution is 8.13. The van der Waals surface area contributed by atoms with Gasteiger partial charge in [-0.2, -0.15) is 0 Å². The number of rotatable bonds is 2. The molecule has 0 aromatic rings. The Hall–Kier alpha value is -0.750. The van der Waals surface area contributed by atoms with Gasteiger partial charge < -0.3 is 14.5 Å². The topological polar surface area (TPSA) is 49.9 Å². The van der Waals surface area contributed by atoms with Gasteiger partial charge >= 0.3 is 0 Å². The lowest BCUT2D eigenvalue weighted by Crippen LogP contribution is -2.53. The summed E-state index contributed by atoms with van der Waals surface area (Å²) in [6.07, 6.45) is 0.0822. The van der Waals surface area contributed by atoms with Crippen LogP contribution in [0.3, 0.4) is 0 Å². The van der Waals surface area contributed by atoms with E-state index in [1.807, 2.05) is 18.7 Å². The molecule has 0 aliphatic carbocycles. The number of thioether (sulfide) groups is 1. The van der Waals surface area contributed by atoms with Crippen LogP contribution in [0.5, 0.6) is 0 Å². The summed E-state index contributed by atoms with van der Waals surface area (Å²) in [6, 6.07) is 0.101. The van der Waals surface area contributed by atoms with Crippen molar-refractivity contribution in [3.63, 3.8) is 0 Å². The molecule has 2 fully saturated rings. The molecule has 0 N–H and O–H groups in total. The molecule has 6 heteroatoms. The van der Waals surface area contributed by atoms with Gasteiger partial charge in [0, 0.05) is 18.8 Å². The van der Waals surface area contributed by atoms with E-state index in [1.165, 1.54) is 11.8 Å². The van der Waals surface area contributed by atoms with Crippen molar-refractivity contribution in [1.29, 1.82) is 0 Å². The van der Waals surface area contributed by atoms with Crippen LogP contribution < -0.4 is 0 Å². The number of amides is 2. The van der Waals surface area contributed by atoms with Gasteiger partial charge in [0.05, 0.1) is 18.8 Å². The molecule has 0 bridgehead atoms. The van der Waals surface area contributed by atoms with Gasteiger partial charge in [0.25, 0.3) is 5.24 Å². The molecule has 0 radical (unpaired) electrons. The molecule has 17 heavy (non-hydrogen) atoms. The van der Waals surface area contributed by atoms with E-state index < -0.39 is 0 Å². The third-order valence-corrected chi connectivity index (χ3v) is 3.99. The number of nitrogens with zero attached hydrogens (tertiary/aromatic N) is 2. The molecular weight excluding hydrogens is 240 g/mol. The summed E-state index contributed by atoms with van der Waals surface area (Å²) < 4.78 is 5.48. The summed E-state index contributed by atoms with van der Waals surface area (Å²) in [5.74, 6) is 0.824. The minimum Gasteiger partial charge on any atom is -0.375 e. The van der Waals surface area contributed by atoms with Crippen LogP contribution in [-0.2, 0) is 9.53 Å². The molecule has 2 rings (SSSR count). The van der Waals surface area contributed by atoms with Crippen molar-refractivity contribution in [2.45, 2.75) is 26.0 Å². The number of hydrogen-bond acceptors (Lipinski definition) is 4. The minimum atomic E-state index is 0.0207. The second-order valence-electron chi connectivity index (χ2n) is 4.57. The first-order valence-electron chi connectivity index (χ1n) is 5.90. The molecule has 0 saturated carbocycles. The summed E-state index contributed by atoms with van der Waals surface area (Å²) in [4.78, 5) is 27.0. The predicted octanol–water partition coefficient (Wildman–Crippen LogP) is 0.791. The van der Waals surface area contributed by atoms with Crippen molar-refractivity contribution < 1.29 is 14.3 Å². The highest BCUT2D eigenvalue weighted by atomic mass is 32.2. The van der Waals surface area contributed by atoms with Crippen molar-refractivity contribution >= 4 is 22.9 Å². The van der Waals surface area contributed by atoms with Crippen molar-refractivity contribution in [2.75, 3.05) is 32.0 Å². The summed E-state index contributed by atoms with van der Waals surface area (Å²) >= 11 is 1.29. The van der Waals surface area contributed by atoms with Crippen molar-refractivity contribution in [1.82, 2.24) is 9.80 Å². The first kappa shape index (κ1) is 12.7. The first-order chi connectivity index (χ1) is 8.08. The highest BCUT2D eigenvalue weighted by Gasteiger charge is 2.30. The van der Waals surface area contributed by atoms with E-state index in [-0.39, 0.29) is 29.8 Å². The third kappa shape index (κ3) is 2.93. The van der Waals surface area contributed by atoms with Gasteiger partial charge in [-0.05, 0) is 13.8 Å². The van der Waals surface area contributed by atoms with Crippen LogP contribution in [0.25, 0.3) is 0 Å². The standard InChI is InChI=1S/C11H18N2O3S/c1-8-7-16-9(2)5-13(8)10(14)6-12-3-4-17-11(12)15/h8-9H,3-7H2,1-2H3. The van der Waals surface area contributed by atoms with E-state index in [0.29, 0.717) is 19.7 Å². The van der Waals surface area contributed by atoms with Gasteiger partial charge in [0.1, 0.15) is 6.54 Å². The summed E-state index contributed by atoms with van der Waals surface area (Å²) in [5.41, 5.74) is 0. The van der Waals surface area contributed by atoms with Gasteiger partial charge in [0.15, 0.2) is 0 Å². The molecular formula is C11H18N2O3S. The van der Waals surface area contributed by atoms with Crippen molar-refractivity contribution in [3.8, 4) is 0 Å². The Morgan fingerprint density at radius 2 is 2.29 bits per heavy atom. The van der Waals surface area contributed by atoms with Crippen molar-refractivity contribution in [2.24, 2.45) is 0 Å². The van der Waals surface area contributed by atoms with E-state index in [9.17, 15) is 9.59 Å². The van der Waals surface area contributed by atoms with Crippen LogP contribution in [0, 0.1) is 0 Å². The number of carbonyl (C=O) groups is 2. The lowest BCUT2D eigenvalue weighted by Gasteiger charge is -2.37. The molecule has 5 nitrogen and oxygen atoms in total. The molecule has 2 saturated heterocycles. The quantitative estimate of drug-likeness (QED) is 0.735. The maximum Gasteiger partial charge on any atom is 0.282 e. The second kappa shape index (κ2) is 5.27. The zero-order valence-corrected chi connectivity index (χ0v) is 11.0. The van der Waals surface area contributed by atoms with Crippen molar-refractivity contribution in [3.05, 3.63) is 0 Å². The Kier molecular flexibility index (Phi) is 3.93. The van der Waals surface area contributed by atoms with E-state index in [0.717, 1.165) is 5.75 Å². The number of morpholine rings is 1. The maximum atomic E-state index is 12.1. The average molecular weight is 258 g/mol. The van der Waals surface area contributed by atoms with E-state index in [4.69, 9.17) is 4.74 Å². The van der Waals surface area contributed by atoms with E-state index in [1.54, 1.807) is 4.90 Å². The number of carbonyl (C=O) groups excluding carboxylic acids is 2. The fourth-order valence-electron chi connectivity index (χ4n) is 2.07. The van der Waals surface area contributed by atoms with Gasteiger partial charge in [-0.1, -0.05) is 11.8 Å². The van der Waals surface area contributed by atoms with Crippen LogP contribution in [0.1, 0.15) is 13.8 Å². The van der Waals surface area contributed by atoms with Gasteiger partial charge in [-0.25, -0.2) is 0 Å². The molecule has 0 aromatic heterocycles. The zero-order valence-electron chi connectivity index (χ0n) is 10.2. The lowest BCUT2D eigenvalue weighted by molar-refractivity contribution is -0.143. The second-order valence-corrected chi connectivity index (χ2v) is 5.62.